The molecule has 1 saturated heterocycles. The highest BCUT2D eigenvalue weighted by atomic mass is 127. The van der Waals surface area contributed by atoms with Crippen molar-refractivity contribution in [1.29, 1.82) is 0 Å². The fourth-order valence-electron chi connectivity index (χ4n) is 2.16. The second-order valence-electron chi connectivity index (χ2n) is 4.92. The van der Waals surface area contributed by atoms with Gasteiger partial charge >= 0.3 is 0 Å². The summed E-state index contributed by atoms with van der Waals surface area (Å²) in [6.45, 7) is 6.37. The number of benzene rings is 1. The lowest BCUT2D eigenvalue weighted by Gasteiger charge is -2.26. The molecule has 5 nitrogen and oxygen atoms in total. The summed E-state index contributed by atoms with van der Waals surface area (Å²) in [5.41, 5.74) is 7.02. The van der Waals surface area contributed by atoms with E-state index in [2.05, 4.69) is 27.3 Å². The molecule has 0 aromatic heterocycles. The number of ether oxygens (including phenoxy) is 1. The molecule has 1 heterocycles. The van der Waals surface area contributed by atoms with Gasteiger partial charge < -0.3 is 15.8 Å². The lowest BCUT2D eigenvalue weighted by atomic mass is 10.2. The van der Waals surface area contributed by atoms with E-state index in [1.165, 1.54) is 5.56 Å². The molecule has 0 saturated carbocycles. The summed E-state index contributed by atoms with van der Waals surface area (Å²) in [4.78, 5) is 6.75. The lowest BCUT2D eigenvalue weighted by molar-refractivity contribution is 0.0376. The highest BCUT2D eigenvalue weighted by Crippen LogP contribution is 2.00. The first-order chi connectivity index (χ1) is 9.84. The maximum Gasteiger partial charge on any atom is 0.188 e. The Bertz CT molecular complexity index is 407. The van der Waals surface area contributed by atoms with E-state index in [1.807, 2.05) is 18.2 Å². The number of hydrogen-bond acceptors (Lipinski definition) is 3. The van der Waals surface area contributed by atoms with Crippen LogP contribution >= 0.6 is 24.0 Å². The van der Waals surface area contributed by atoms with Crippen LogP contribution in [0.4, 0.5) is 0 Å². The van der Waals surface area contributed by atoms with Gasteiger partial charge in [0, 0.05) is 19.6 Å². The number of nitrogens with one attached hydrogen (secondary N) is 1. The Morgan fingerprint density at radius 2 is 1.95 bits per heavy atom. The van der Waals surface area contributed by atoms with Crippen LogP contribution in [0.3, 0.4) is 0 Å². The van der Waals surface area contributed by atoms with Gasteiger partial charge in [-0.15, -0.1) is 24.0 Å². The van der Waals surface area contributed by atoms with Crippen molar-refractivity contribution in [3.05, 3.63) is 35.9 Å². The molecule has 0 atom stereocenters. The molecule has 1 aromatic rings. The van der Waals surface area contributed by atoms with E-state index in [0.717, 1.165) is 45.8 Å². The number of halogens is 1. The summed E-state index contributed by atoms with van der Waals surface area (Å²) in [5, 5.41) is 3.16. The number of nitrogens with two attached hydrogens (primary N) is 1. The van der Waals surface area contributed by atoms with Crippen molar-refractivity contribution in [2.24, 2.45) is 10.7 Å². The van der Waals surface area contributed by atoms with Gasteiger partial charge in [-0.25, -0.2) is 4.99 Å². The summed E-state index contributed by atoms with van der Waals surface area (Å²) in [6.07, 6.45) is 1.07. The maximum absolute atomic E-state index is 5.85. The number of hydrogen-bond donors (Lipinski definition) is 2. The van der Waals surface area contributed by atoms with Crippen LogP contribution in [0.5, 0.6) is 0 Å². The van der Waals surface area contributed by atoms with Gasteiger partial charge in [0.2, 0.25) is 0 Å². The van der Waals surface area contributed by atoms with Gasteiger partial charge in [-0.2, -0.15) is 0 Å². The van der Waals surface area contributed by atoms with Crippen LogP contribution in [0, 0.1) is 0 Å². The Labute approximate surface area is 144 Å². The minimum Gasteiger partial charge on any atom is -0.379 e. The van der Waals surface area contributed by atoms with E-state index in [1.54, 1.807) is 0 Å². The first kappa shape index (κ1) is 18.2. The standard InChI is InChI=1S/C15H24N4O.HI/c16-15(18-13-14-5-2-1-3-6-14)17-7-4-8-19-9-11-20-12-10-19;/h1-3,5-6H,4,7-13H2,(H3,16,17,18);1H. The van der Waals surface area contributed by atoms with E-state index >= 15 is 0 Å². The van der Waals surface area contributed by atoms with Crippen molar-refractivity contribution in [3.8, 4) is 0 Å². The third-order valence-electron chi connectivity index (χ3n) is 3.34. The minimum absolute atomic E-state index is 0. The van der Waals surface area contributed by atoms with Crippen molar-refractivity contribution in [2.45, 2.75) is 13.0 Å². The molecule has 0 spiro atoms. The normalized spacial score (nSPS) is 16.3. The number of guanidine groups is 1. The van der Waals surface area contributed by atoms with E-state index in [9.17, 15) is 0 Å². The van der Waals surface area contributed by atoms with Crippen LogP contribution in [0.15, 0.2) is 35.3 Å². The van der Waals surface area contributed by atoms with E-state index in [-0.39, 0.29) is 24.0 Å². The van der Waals surface area contributed by atoms with E-state index in [0.29, 0.717) is 12.5 Å². The van der Waals surface area contributed by atoms with Crippen molar-refractivity contribution in [3.63, 3.8) is 0 Å². The second kappa shape index (κ2) is 10.8. The molecule has 2 rings (SSSR count). The second-order valence-corrected chi connectivity index (χ2v) is 4.92. The van der Waals surface area contributed by atoms with Crippen LogP contribution in [-0.4, -0.2) is 50.3 Å². The van der Waals surface area contributed by atoms with Crippen molar-refractivity contribution < 1.29 is 4.74 Å². The van der Waals surface area contributed by atoms with Gasteiger partial charge in [0.15, 0.2) is 5.96 Å². The van der Waals surface area contributed by atoms with Gasteiger partial charge in [-0.3, -0.25) is 4.90 Å². The average molecular weight is 404 g/mol. The molecule has 118 valence electrons. The Kier molecular flexibility index (Phi) is 9.36. The van der Waals surface area contributed by atoms with Gasteiger partial charge in [0.1, 0.15) is 0 Å². The summed E-state index contributed by atoms with van der Waals surface area (Å²) in [6, 6.07) is 10.1. The summed E-state index contributed by atoms with van der Waals surface area (Å²) < 4.78 is 5.32. The monoisotopic (exact) mass is 404 g/mol. The third kappa shape index (κ3) is 7.63. The van der Waals surface area contributed by atoms with Crippen molar-refractivity contribution in [1.82, 2.24) is 10.2 Å². The molecular weight excluding hydrogens is 379 g/mol. The van der Waals surface area contributed by atoms with E-state index in [4.69, 9.17) is 10.5 Å². The van der Waals surface area contributed by atoms with Crippen LogP contribution in [0.1, 0.15) is 12.0 Å². The summed E-state index contributed by atoms with van der Waals surface area (Å²) >= 11 is 0. The molecule has 1 aliphatic rings. The Hall–Kier alpha value is -0.860. The molecule has 0 amide bonds. The first-order valence-corrected chi connectivity index (χ1v) is 7.22. The summed E-state index contributed by atoms with van der Waals surface area (Å²) in [5.74, 6) is 0.524. The number of rotatable bonds is 6. The molecule has 0 aliphatic carbocycles. The highest BCUT2D eigenvalue weighted by Gasteiger charge is 2.08. The predicted octanol–water partition coefficient (Wildman–Crippen LogP) is 1.43. The number of nitrogens with zero attached hydrogens (tertiary/aromatic N) is 2. The molecule has 0 radical (unpaired) electrons. The first-order valence-electron chi connectivity index (χ1n) is 7.22. The molecule has 0 unspecified atom stereocenters. The Balaban J connectivity index is 0.00000220. The lowest BCUT2D eigenvalue weighted by Crippen LogP contribution is -2.39. The van der Waals surface area contributed by atoms with Crippen molar-refractivity contribution in [2.75, 3.05) is 39.4 Å². The van der Waals surface area contributed by atoms with Crippen molar-refractivity contribution >= 4 is 29.9 Å². The van der Waals surface area contributed by atoms with Gasteiger partial charge in [0.25, 0.3) is 0 Å². The molecule has 0 bridgehead atoms. The largest absolute Gasteiger partial charge is 0.379 e. The Morgan fingerprint density at radius 1 is 1.24 bits per heavy atom. The zero-order valence-corrected chi connectivity index (χ0v) is 14.7. The van der Waals surface area contributed by atoms with Gasteiger partial charge in [-0.1, -0.05) is 30.3 Å². The molecule has 3 N–H and O–H groups in total. The molecule has 1 fully saturated rings. The fourth-order valence-corrected chi connectivity index (χ4v) is 2.16. The quantitative estimate of drug-likeness (QED) is 0.326. The van der Waals surface area contributed by atoms with Gasteiger partial charge in [-0.05, 0) is 18.5 Å². The third-order valence-corrected chi connectivity index (χ3v) is 3.34. The van der Waals surface area contributed by atoms with Crippen LogP contribution in [0.2, 0.25) is 0 Å². The minimum atomic E-state index is 0. The number of aliphatic imine (C=N–C) groups is 1. The fraction of sp³-hybridized carbons (Fsp3) is 0.533. The van der Waals surface area contributed by atoms with Crippen LogP contribution in [-0.2, 0) is 11.3 Å². The average Bonchev–Trinajstić information content (AvgIpc) is 2.52. The molecule has 6 heteroatoms. The highest BCUT2D eigenvalue weighted by molar-refractivity contribution is 14.0. The molecular formula is C15H25IN4O. The summed E-state index contributed by atoms with van der Waals surface area (Å²) in [7, 11) is 0. The van der Waals surface area contributed by atoms with Gasteiger partial charge in [0.05, 0.1) is 19.8 Å². The Morgan fingerprint density at radius 3 is 2.67 bits per heavy atom. The van der Waals surface area contributed by atoms with Crippen LogP contribution in [0.25, 0.3) is 0 Å². The number of morpholine rings is 1. The van der Waals surface area contributed by atoms with E-state index < -0.39 is 0 Å². The topological polar surface area (TPSA) is 62.9 Å². The zero-order valence-electron chi connectivity index (χ0n) is 12.3. The SMILES string of the molecule is I.NC(=NCc1ccccc1)NCCCN1CCOCC1. The molecule has 21 heavy (non-hydrogen) atoms. The zero-order chi connectivity index (χ0) is 14.0. The van der Waals surface area contributed by atoms with Crippen LogP contribution < -0.4 is 11.1 Å². The maximum atomic E-state index is 5.85. The molecule has 1 aromatic carbocycles. The molecule has 1 aliphatic heterocycles. The predicted molar refractivity (Wildman–Crippen MR) is 97.1 cm³/mol. The smallest absolute Gasteiger partial charge is 0.188 e.